The molecule has 7 atom stereocenters. The number of allylic oxidation sites excluding steroid dienone is 2. The molecule has 4 aliphatic rings. The predicted molar refractivity (Wildman–Crippen MR) is 122 cm³/mol. The van der Waals surface area contributed by atoms with Crippen molar-refractivity contribution in [1.82, 2.24) is 19.5 Å². The molecule has 166 valence electrons. The summed E-state index contributed by atoms with van der Waals surface area (Å²) in [5.41, 5.74) is 3.92. The van der Waals surface area contributed by atoms with Crippen LogP contribution in [0.15, 0.2) is 24.3 Å². The van der Waals surface area contributed by atoms with Crippen LogP contribution in [0.5, 0.6) is 0 Å². The van der Waals surface area contributed by atoms with Gasteiger partial charge in [-0.05, 0) is 80.0 Å². The molecule has 0 saturated heterocycles. The topological polar surface area (TPSA) is 75.9 Å². The number of fused-ring (bicyclic) bond motifs is 6. The van der Waals surface area contributed by atoms with E-state index in [4.69, 9.17) is 0 Å². The maximum absolute atomic E-state index is 10.7. The van der Waals surface area contributed by atoms with Gasteiger partial charge < -0.3 is 15.0 Å². The third kappa shape index (κ3) is 2.63. The van der Waals surface area contributed by atoms with Crippen molar-refractivity contribution in [2.45, 2.75) is 77.4 Å². The van der Waals surface area contributed by atoms with E-state index in [0.717, 1.165) is 41.7 Å². The zero-order valence-electron chi connectivity index (χ0n) is 19.0. The molecule has 2 N–H and O–H groups in total. The molecule has 2 aromatic heterocycles. The summed E-state index contributed by atoms with van der Waals surface area (Å²) < 4.78 is 2.25. The number of hydrogen-bond acceptors (Lipinski definition) is 5. The zero-order chi connectivity index (χ0) is 21.4. The predicted octanol–water partition coefficient (Wildman–Crippen LogP) is 4.73. The van der Waals surface area contributed by atoms with Crippen molar-refractivity contribution in [3.63, 3.8) is 0 Å². The largest absolute Gasteiger partial charge is 0.393 e. The molecule has 6 rings (SSSR count). The van der Waals surface area contributed by atoms with E-state index in [1.54, 1.807) is 11.9 Å². The summed E-state index contributed by atoms with van der Waals surface area (Å²) in [6, 6.07) is 0.325. The Morgan fingerprint density at radius 1 is 1.03 bits per heavy atom. The molecule has 2 heterocycles. The fourth-order valence-corrected chi connectivity index (χ4v) is 8.18. The molecule has 0 aromatic carbocycles. The van der Waals surface area contributed by atoms with E-state index in [1.165, 1.54) is 38.5 Å². The van der Waals surface area contributed by atoms with Crippen LogP contribution in [0.2, 0.25) is 0 Å². The molecule has 3 saturated carbocycles. The third-order valence-electron chi connectivity index (χ3n) is 9.99. The van der Waals surface area contributed by atoms with Gasteiger partial charge in [-0.1, -0.05) is 25.5 Å². The summed E-state index contributed by atoms with van der Waals surface area (Å²) >= 11 is 0. The number of hydrogen-bond donors (Lipinski definition) is 2. The van der Waals surface area contributed by atoms with Gasteiger partial charge in [-0.25, -0.2) is 15.0 Å². The van der Waals surface area contributed by atoms with Crippen LogP contribution in [0.1, 0.15) is 71.3 Å². The second-order valence-corrected chi connectivity index (χ2v) is 11.1. The van der Waals surface area contributed by atoms with Crippen LogP contribution in [0, 0.1) is 28.6 Å². The van der Waals surface area contributed by atoms with Gasteiger partial charge in [0.05, 0.1) is 18.5 Å². The number of aliphatic hydroxyl groups excluding tert-OH is 1. The maximum Gasteiger partial charge on any atom is 0.165 e. The number of imidazole rings is 1. The molecular formula is C25H35N5O. The lowest BCUT2D eigenvalue weighted by molar-refractivity contribution is -0.0744. The Kier molecular flexibility index (Phi) is 4.31. The minimum absolute atomic E-state index is 0.0852. The van der Waals surface area contributed by atoms with Crippen LogP contribution in [0.25, 0.3) is 11.2 Å². The number of anilines is 1. The van der Waals surface area contributed by atoms with Crippen LogP contribution < -0.4 is 5.32 Å². The average Bonchev–Trinajstić information content (AvgIpc) is 3.34. The summed E-state index contributed by atoms with van der Waals surface area (Å²) in [5, 5.41) is 13.8. The minimum atomic E-state index is -0.0852. The molecule has 3 fully saturated rings. The van der Waals surface area contributed by atoms with Gasteiger partial charge in [0.15, 0.2) is 11.5 Å². The van der Waals surface area contributed by atoms with Gasteiger partial charge in [0.25, 0.3) is 0 Å². The molecule has 2 aromatic rings. The molecule has 0 radical (unpaired) electrons. The number of aliphatic hydroxyl groups is 1. The molecular weight excluding hydrogens is 386 g/mol. The molecule has 6 heteroatoms. The zero-order valence-corrected chi connectivity index (χ0v) is 19.0. The second-order valence-electron chi connectivity index (χ2n) is 11.1. The number of rotatable bonds is 2. The van der Waals surface area contributed by atoms with E-state index in [1.807, 2.05) is 13.4 Å². The van der Waals surface area contributed by atoms with Crippen molar-refractivity contribution in [3.05, 3.63) is 24.3 Å². The van der Waals surface area contributed by atoms with E-state index in [9.17, 15) is 5.11 Å². The van der Waals surface area contributed by atoms with Crippen LogP contribution in [0.3, 0.4) is 0 Å². The Balaban J connectivity index is 1.32. The van der Waals surface area contributed by atoms with Gasteiger partial charge in [-0.2, -0.15) is 0 Å². The standard InChI is InChI=1S/C25H35N5O/c1-24-10-8-16(30-14-29-21-22(26-3)27-13-28-23(21)30)12-15(24)4-5-17-18-6-7-20(31)25(18,2)11-9-19(17)24/h12-14,16-20,31H,4-11H2,1-3H3,(H,26,27,28)/t16-,17+,18+,19+,20+,24+,25+/m1/s1. The highest BCUT2D eigenvalue weighted by atomic mass is 16.3. The van der Waals surface area contributed by atoms with Crippen LogP contribution in [-0.4, -0.2) is 37.8 Å². The first-order valence-corrected chi connectivity index (χ1v) is 12.2. The fraction of sp³-hybridized carbons (Fsp3) is 0.720. The number of aromatic nitrogens is 4. The van der Waals surface area contributed by atoms with Crippen molar-refractivity contribution in [2.75, 3.05) is 12.4 Å². The van der Waals surface area contributed by atoms with Crippen molar-refractivity contribution in [1.29, 1.82) is 0 Å². The fourth-order valence-electron chi connectivity index (χ4n) is 8.18. The van der Waals surface area contributed by atoms with E-state index < -0.39 is 0 Å². The molecule has 31 heavy (non-hydrogen) atoms. The van der Waals surface area contributed by atoms with Crippen molar-refractivity contribution in [2.24, 2.45) is 28.6 Å². The lowest BCUT2D eigenvalue weighted by Gasteiger charge is -2.58. The van der Waals surface area contributed by atoms with Crippen molar-refractivity contribution >= 4 is 17.0 Å². The van der Waals surface area contributed by atoms with Crippen LogP contribution in [0.4, 0.5) is 5.82 Å². The van der Waals surface area contributed by atoms with Crippen LogP contribution in [-0.2, 0) is 0 Å². The first-order chi connectivity index (χ1) is 15.0. The smallest absolute Gasteiger partial charge is 0.165 e. The molecule has 6 nitrogen and oxygen atoms in total. The van der Waals surface area contributed by atoms with Crippen molar-refractivity contribution < 1.29 is 5.11 Å². The highest BCUT2D eigenvalue weighted by Gasteiger charge is 2.58. The van der Waals surface area contributed by atoms with Gasteiger partial charge in [-0.15, -0.1) is 0 Å². The second kappa shape index (κ2) is 6.77. The van der Waals surface area contributed by atoms with Gasteiger partial charge in [0.2, 0.25) is 0 Å². The van der Waals surface area contributed by atoms with Crippen LogP contribution >= 0.6 is 0 Å². The Morgan fingerprint density at radius 3 is 2.74 bits per heavy atom. The lowest BCUT2D eigenvalue weighted by atomic mass is 9.47. The highest BCUT2D eigenvalue weighted by Crippen LogP contribution is 2.65. The molecule has 4 aliphatic carbocycles. The maximum atomic E-state index is 10.7. The molecule has 0 unspecified atom stereocenters. The van der Waals surface area contributed by atoms with Gasteiger partial charge in [-0.3, -0.25) is 0 Å². The molecule has 0 bridgehead atoms. The number of nitrogens with one attached hydrogen (secondary N) is 1. The molecule has 0 aliphatic heterocycles. The minimum Gasteiger partial charge on any atom is -0.393 e. The van der Waals surface area contributed by atoms with Gasteiger partial charge >= 0.3 is 0 Å². The molecule has 0 amide bonds. The quantitative estimate of drug-likeness (QED) is 0.686. The summed E-state index contributed by atoms with van der Waals surface area (Å²) in [6.45, 7) is 4.93. The first-order valence-electron chi connectivity index (χ1n) is 12.2. The highest BCUT2D eigenvalue weighted by molar-refractivity contribution is 5.82. The first kappa shape index (κ1) is 19.7. The third-order valence-corrected chi connectivity index (χ3v) is 9.99. The van der Waals surface area contributed by atoms with Gasteiger partial charge in [0.1, 0.15) is 11.8 Å². The summed E-state index contributed by atoms with van der Waals surface area (Å²) in [4.78, 5) is 13.5. The Hall–Kier alpha value is -1.95. The van der Waals surface area contributed by atoms with E-state index in [2.05, 4.69) is 44.8 Å². The SMILES string of the molecule is CNc1ncnc2c1ncn2[C@H]1C=C2CC[C@H]3[C@@H]4CC[C@H](O)[C@@]4(C)CC[C@@H]3[C@@]2(C)CC1. The lowest BCUT2D eigenvalue weighted by Crippen LogP contribution is -2.51. The normalized spacial score (nSPS) is 41.9. The Labute approximate surface area is 184 Å². The number of nitrogens with zero attached hydrogens (tertiary/aromatic N) is 4. The summed E-state index contributed by atoms with van der Waals surface area (Å²) in [5.74, 6) is 3.07. The molecule has 0 spiro atoms. The summed E-state index contributed by atoms with van der Waals surface area (Å²) in [6.07, 6.45) is 15.6. The van der Waals surface area contributed by atoms with E-state index >= 15 is 0 Å². The Morgan fingerprint density at radius 2 is 1.90 bits per heavy atom. The Bertz CT molecular complexity index is 1050. The van der Waals surface area contributed by atoms with Crippen molar-refractivity contribution in [3.8, 4) is 0 Å². The van der Waals surface area contributed by atoms with Gasteiger partial charge in [0, 0.05) is 7.05 Å². The monoisotopic (exact) mass is 421 g/mol. The van der Waals surface area contributed by atoms with E-state index in [-0.39, 0.29) is 11.5 Å². The average molecular weight is 422 g/mol. The summed E-state index contributed by atoms with van der Waals surface area (Å²) in [7, 11) is 1.88. The van der Waals surface area contributed by atoms with E-state index in [0.29, 0.717) is 17.4 Å².